The van der Waals surface area contributed by atoms with Gasteiger partial charge >= 0.3 is 6.09 Å². The Kier molecular flexibility index (Phi) is 18.9. The van der Waals surface area contributed by atoms with Crippen LogP contribution in [0.5, 0.6) is 23.0 Å². The van der Waals surface area contributed by atoms with Crippen LogP contribution in [0, 0.1) is 23.7 Å². The molecule has 2 aromatic carbocycles. The summed E-state index contributed by atoms with van der Waals surface area (Å²) in [6.45, 7) is 9.89. The standard InChI is InChI=1S/C54H77N3O10/c1-4-7-8-9-10-11-12-13-14-17-28-55-53(61)66-41-25-27-46-44(34-41)50-42(21-16-19-30-59)40(20-15-18-29-58)33-43-45(56-65-6-3)35-49(54(67-46,51(43)50)64-31-5-2)57(52(60)39-23-24-39)36-38-22-26-47-48(32-38)63-37-62-47/h5,22,25-27,32-34,39-40,42,49-51,58-59H,2,4,6-21,23-24,28-31,35-37H2,1,3H3,(H,55,61). The summed E-state index contributed by atoms with van der Waals surface area (Å²) >= 11 is 0. The van der Waals surface area contributed by atoms with Gasteiger partial charge in [0.15, 0.2) is 11.5 Å². The second-order valence-electron chi connectivity index (χ2n) is 19.1. The molecule has 2 fully saturated rings. The number of aliphatic hydroxyl groups excluding tert-OH is 2. The molecule has 3 N–H and O–H groups in total. The first-order valence-electron chi connectivity index (χ1n) is 25.7. The molecule has 5 aliphatic rings. The number of rotatable bonds is 29. The van der Waals surface area contributed by atoms with Gasteiger partial charge in [0.2, 0.25) is 18.5 Å². The van der Waals surface area contributed by atoms with Crippen molar-refractivity contribution >= 4 is 17.7 Å². The largest absolute Gasteiger partial charge is 0.459 e. The van der Waals surface area contributed by atoms with Crippen LogP contribution < -0.4 is 24.3 Å². The van der Waals surface area contributed by atoms with E-state index in [1.54, 1.807) is 12.1 Å². The number of amides is 2. The molecule has 3 aliphatic carbocycles. The molecule has 7 rings (SSSR count). The van der Waals surface area contributed by atoms with Crippen LogP contribution in [-0.2, 0) is 20.9 Å². The van der Waals surface area contributed by atoms with Crippen LogP contribution in [0.25, 0.3) is 0 Å². The predicted molar refractivity (Wildman–Crippen MR) is 258 cm³/mol. The quantitative estimate of drug-likeness (QED) is 0.0407. The van der Waals surface area contributed by atoms with Gasteiger partial charge < -0.3 is 49.0 Å². The van der Waals surface area contributed by atoms with Crippen molar-refractivity contribution in [3.8, 4) is 23.0 Å². The summed E-state index contributed by atoms with van der Waals surface area (Å²) in [6.07, 6.45) is 22.2. The molecule has 67 heavy (non-hydrogen) atoms. The van der Waals surface area contributed by atoms with Gasteiger partial charge in [-0.3, -0.25) is 4.79 Å². The maximum Gasteiger partial charge on any atom is 0.412 e. The predicted octanol–water partition coefficient (Wildman–Crippen LogP) is 10.5. The molecular weight excluding hydrogens is 851 g/mol. The van der Waals surface area contributed by atoms with Crippen molar-refractivity contribution in [2.24, 2.45) is 28.8 Å². The molecule has 0 aromatic heterocycles. The van der Waals surface area contributed by atoms with Gasteiger partial charge in [-0.15, -0.1) is 6.58 Å². The molecule has 0 spiro atoms. The van der Waals surface area contributed by atoms with Crippen molar-refractivity contribution in [1.82, 2.24) is 10.2 Å². The number of benzene rings is 2. The zero-order chi connectivity index (χ0) is 47.0. The van der Waals surface area contributed by atoms with Gasteiger partial charge in [0, 0.05) is 50.1 Å². The number of hydrogen-bond acceptors (Lipinski definition) is 11. The number of fused-ring (bicyclic) bond motifs is 3. The third-order valence-electron chi connectivity index (χ3n) is 14.3. The molecule has 13 nitrogen and oxygen atoms in total. The Balaban J connectivity index is 1.25. The topological polar surface area (TPSA) is 158 Å². The summed E-state index contributed by atoms with van der Waals surface area (Å²) in [7, 11) is 0. The molecule has 0 radical (unpaired) electrons. The number of oxime groups is 1. The number of carbonyl (C=O) groups is 2. The first kappa shape index (κ1) is 50.3. The van der Waals surface area contributed by atoms with Crippen LogP contribution in [0.3, 0.4) is 0 Å². The third-order valence-corrected chi connectivity index (χ3v) is 14.3. The maximum absolute atomic E-state index is 14.9. The molecule has 368 valence electrons. The number of nitrogens with zero attached hydrogens (tertiary/aromatic N) is 2. The van der Waals surface area contributed by atoms with Crippen molar-refractivity contribution < 1.29 is 48.3 Å². The number of ether oxygens (including phenoxy) is 5. The molecule has 0 saturated heterocycles. The Morgan fingerprint density at radius 1 is 0.881 bits per heavy atom. The smallest absolute Gasteiger partial charge is 0.412 e. The minimum atomic E-state index is -1.40. The highest BCUT2D eigenvalue weighted by Gasteiger charge is 2.66. The van der Waals surface area contributed by atoms with Gasteiger partial charge in [0.25, 0.3) is 0 Å². The minimum absolute atomic E-state index is 0.0299. The molecular formula is C54H77N3O10. The first-order chi connectivity index (χ1) is 32.8. The lowest BCUT2D eigenvalue weighted by Crippen LogP contribution is -2.70. The molecule has 13 heteroatoms. The lowest BCUT2D eigenvalue weighted by atomic mass is 9.55. The lowest BCUT2D eigenvalue weighted by molar-refractivity contribution is -0.258. The Bertz CT molecular complexity index is 2000. The Morgan fingerprint density at radius 3 is 2.31 bits per heavy atom. The van der Waals surface area contributed by atoms with Crippen molar-refractivity contribution in [3.05, 3.63) is 71.8 Å². The van der Waals surface area contributed by atoms with Gasteiger partial charge in [-0.25, -0.2) is 4.79 Å². The van der Waals surface area contributed by atoms with E-state index in [0.29, 0.717) is 55.4 Å². The van der Waals surface area contributed by atoms with Crippen LogP contribution >= 0.6 is 0 Å². The Hall–Kier alpha value is -4.59. The highest BCUT2D eigenvalue weighted by atomic mass is 16.7. The Morgan fingerprint density at radius 2 is 1.60 bits per heavy atom. The molecule has 0 bridgehead atoms. The van der Waals surface area contributed by atoms with Gasteiger partial charge in [-0.1, -0.05) is 101 Å². The summed E-state index contributed by atoms with van der Waals surface area (Å²) in [5.41, 5.74) is 3.48. The van der Waals surface area contributed by atoms with E-state index in [0.717, 1.165) is 80.2 Å². The summed E-state index contributed by atoms with van der Waals surface area (Å²) in [5.74, 6) is 0.207. The van der Waals surface area contributed by atoms with Crippen LogP contribution in [-0.4, -0.2) is 84.4 Å². The van der Waals surface area contributed by atoms with E-state index >= 15 is 0 Å². The molecule has 2 aliphatic heterocycles. The molecule has 2 aromatic rings. The second-order valence-corrected chi connectivity index (χ2v) is 19.1. The maximum atomic E-state index is 14.9. The fourth-order valence-electron chi connectivity index (χ4n) is 10.9. The average Bonchev–Trinajstić information content (AvgIpc) is 4.09. The monoisotopic (exact) mass is 928 g/mol. The van der Waals surface area contributed by atoms with Crippen LogP contribution in [0.15, 0.2) is 65.9 Å². The van der Waals surface area contributed by atoms with Gasteiger partial charge in [0.05, 0.1) is 18.2 Å². The van der Waals surface area contributed by atoms with Gasteiger partial charge in [0.1, 0.15) is 24.1 Å². The highest BCUT2D eigenvalue weighted by Crippen LogP contribution is 2.62. The molecule has 2 heterocycles. The van der Waals surface area contributed by atoms with Crippen molar-refractivity contribution in [2.75, 3.05) is 39.8 Å². The summed E-state index contributed by atoms with van der Waals surface area (Å²) in [4.78, 5) is 36.1. The number of unbranched alkanes of at least 4 members (excludes halogenated alkanes) is 11. The Labute approximate surface area is 398 Å². The van der Waals surface area contributed by atoms with E-state index in [4.69, 9.17) is 33.7 Å². The first-order valence-corrected chi connectivity index (χ1v) is 25.7. The lowest BCUT2D eigenvalue weighted by Gasteiger charge is -2.60. The third kappa shape index (κ3) is 12.6. The molecule has 6 unspecified atom stereocenters. The highest BCUT2D eigenvalue weighted by molar-refractivity contribution is 6.03. The number of carbonyl (C=O) groups excluding carboxylic acids is 2. The second kappa shape index (κ2) is 25.1. The van der Waals surface area contributed by atoms with E-state index in [-0.39, 0.29) is 62.7 Å². The molecule has 6 atom stereocenters. The minimum Gasteiger partial charge on any atom is -0.459 e. The van der Waals surface area contributed by atoms with E-state index in [1.807, 2.05) is 42.2 Å². The van der Waals surface area contributed by atoms with E-state index in [1.165, 1.54) is 44.9 Å². The number of nitrogens with one attached hydrogen (secondary N) is 1. The van der Waals surface area contributed by atoms with E-state index in [9.17, 15) is 19.8 Å². The van der Waals surface area contributed by atoms with Crippen LogP contribution in [0.1, 0.15) is 153 Å². The van der Waals surface area contributed by atoms with Gasteiger partial charge in [-0.2, -0.15) is 0 Å². The molecule has 2 amide bonds. The van der Waals surface area contributed by atoms with E-state index in [2.05, 4.69) is 24.9 Å². The summed E-state index contributed by atoms with van der Waals surface area (Å²) in [6, 6.07) is 10.8. The molecule has 2 saturated carbocycles. The summed E-state index contributed by atoms with van der Waals surface area (Å²) < 4.78 is 32.0. The zero-order valence-electron chi connectivity index (χ0n) is 40.2. The van der Waals surface area contributed by atoms with Crippen LogP contribution in [0.4, 0.5) is 4.79 Å². The normalized spacial score (nSPS) is 24.0. The zero-order valence-corrected chi connectivity index (χ0v) is 40.2. The van der Waals surface area contributed by atoms with Crippen molar-refractivity contribution in [2.45, 2.75) is 160 Å². The number of hydrogen-bond donors (Lipinski definition) is 3. The van der Waals surface area contributed by atoms with E-state index < -0.39 is 23.8 Å². The number of aliphatic hydroxyl groups is 2. The summed E-state index contributed by atoms with van der Waals surface area (Å²) in [5, 5.41) is 27.8. The van der Waals surface area contributed by atoms with Crippen LogP contribution in [0.2, 0.25) is 0 Å². The SMILES string of the molecule is C=CCOC12Oc3ccc(OC(=O)NCCCCCCCCCCCC)cc3C3C(CCCCO)C(CCCCO)C=C(C(=NOCC)CC1N(Cc1ccc4c(c1)OCO4)C(=O)C1CC1)C32. The van der Waals surface area contributed by atoms with Gasteiger partial charge in [-0.05, 0) is 105 Å². The van der Waals surface area contributed by atoms with Crippen molar-refractivity contribution in [3.63, 3.8) is 0 Å². The van der Waals surface area contributed by atoms with Crippen molar-refractivity contribution in [1.29, 1.82) is 0 Å². The fraction of sp³-hybridized carbons (Fsp3) is 0.648. The fourth-order valence-corrected chi connectivity index (χ4v) is 10.9. The number of allylic oxidation sites excluding steroid dienone is 1. The average molecular weight is 928 g/mol.